The first kappa shape index (κ1) is 17.7. The van der Waals surface area contributed by atoms with Gasteiger partial charge in [-0.15, -0.1) is 10.2 Å². The molecule has 0 spiro atoms. The van der Waals surface area contributed by atoms with Gasteiger partial charge in [0.25, 0.3) is 5.91 Å². The van der Waals surface area contributed by atoms with Crippen molar-refractivity contribution >= 4 is 28.2 Å². The minimum Gasteiger partial charge on any atom is -0.504 e. The van der Waals surface area contributed by atoms with Crippen LogP contribution in [-0.2, 0) is 4.79 Å². The molecule has 3 heterocycles. The van der Waals surface area contributed by atoms with Crippen molar-refractivity contribution in [1.29, 1.82) is 0 Å². The van der Waals surface area contributed by atoms with Crippen molar-refractivity contribution < 1.29 is 29.0 Å². The van der Waals surface area contributed by atoms with E-state index in [1.54, 1.807) is 6.07 Å². The van der Waals surface area contributed by atoms with E-state index in [4.69, 9.17) is 9.15 Å². The van der Waals surface area contributed by atoms with Crippen LogP contribution in [0.25, 0.3) is 0 Å². The van der Waals surface area contributed by atoms with E-state index in [0.29, 0.717) is 0 Å². The zero-order valence-corrected chi connectivity index (χ0v) is 15.2. The lowest BCUT2D eigenvalue weighted by molar-refractivity contribution is -0.117. The van der Waals surface area contributed by atoms with Gasteiger partial charge in [-0.25, -0.2) is 0 Å². The number of anilines is 1. The lowest BCUT2D eigenvalue weighted by Crippen LogP contribution is -2.31. The molecular formula is C18H13N3O6S. The number of aliphatic hydroxyl groups is 1. The number of methoxy groups -OCH3 is 1. The number of aromatic nitrogens is 2. The molecule has 1 aliphatic rings. The van der Waals surface area contributed by atoms with Gasteiger partial charge in [-0.2, -0.15) is 0 Å². The number of benzene rings is 1. The summed E-state index contributed by atoms with van der Waals surface area (Å²) in [7, 11) is 1.38. The molecule has 0 fully saturated rings. The van der Waals surface area contributed by atoms with Gasteiger partial charge in [0.05, 0.1) is 18.9 Å². The van der Waals surface area contributed by atoms with Crippen molar-refractivity contribution in [3.8, 4) is 11.5 Å². The minimum atomic E-state index is -1.15. The van der Waals surface area contributed by atoms with Crippen LogP contribution >= 0.6 is 11.3 Å². The number of hydrogen-bond acceptors (Lipinski definition) is 9. The van der Waals surface area contributed by atoms with Crippen molar-refractivity contribution in [2.24, 2.45) is 0 Å². The Bertz CT molecular complexity index is 1070. The Balaban J connectivity index is 1.93. The highest BCUT2D eigenvalue weighted by Crippen LogP contribution is 2.46. The highest BCUT2D eigenvalue weighted by molar-refractivity contribution is 7.13. The SMILES string of the molecule is COc1cccc(C2C(C(=O)c3ccco3)=C(O)C(=O)N2c2nncs2)c1O. The average Bonchev–Trinajstić information content (AvgIpc) is 3.44. The molecule has 10 heteroatoms. The molecule has 142 valence electrons. The normalized spacial score (nSPS) is 16.7. The predicted molar refractivity (Wildman–Crippen MR) is 97.5 cm³/mol. The third-order valence-corrected chi connectivity index (χ3v) is 4.99. The molecule has 2 aromatic heterocycles. The molecule has 0 radical (unpaired) electrons. The van der Waals surface area contributed by atoms with E-state index in [9.17, 15) is 19.8 Å². The molecule has 0 saturated carbocycles. The van der Waals surface area contributed by atoms with E-state index in [-0.39, 0.29) is 33.5 Å². The summed E-state index contributed by atoms with van der Waals surface area (Å²) in [5.41, 5.74) is 1.36. The number of ketones is 1. The number of furan rings is 1. The number of carbonyl (C=O) groups is 2. The molecule has 28 heavy (non-hydrogen) atoms. The summed E-state index contributed by atoms with van der Waals surface area (Å²) in [5, 5.41) is 28.9. The van der Waals surface area contributed by atoms with E-state index in [0.717, 1.165) is 16.2 Å². The van der Waals surface area contributed by atoms with E-state index in [1.807, 2.05) is 0 Å². The van der Waals surface area contributed by atoms with Crippen molar-refractivity contribution in [2.75, 3.05) is 12.0 Å². The van der Waals surface area contributed by atoms with Crippen LogP contribution in [0.1, 0.15) is 22.2 Å². The van der Waals surface area contributed by atoms with Crippen LogP contribution in [0.3, 0.4) is 0 Å². The zero-order valence-electron chi connectivity index (χ0n) is 14.4. The maximum Gasteiger partial charge on any atom is 0.296 e. The molecule has 1 aromatic carbocycles. The van der Waals surface area contributed by atoms with Crippen LogP contribution in [-0.4, -0.2) is 39.2 Å². The number of nitrogens with zero attached hydrogens (tertiary/aromatic N) is 3. The fraction of sp³-hybridized carbons (Fsp3) is 0.111. The largest absolute Gasteiger partial charge is 0.504 e. The number of aromatic hydroxyl groups is 1. The van der Waals surface area contributed by atoms with E-state index in [1.165, 1.54) is 43.1 Å². The lowest BCUT2D eigenvalue weighted by Gasteiger charge is -2.24. The summed E-state index contributed by atoms with van der Waals surface area (Å²) in [6.45, 7) is 0. The van der Waals surface area contributed by atoms with E-state index < -0.39 is 23.5 Å². The predicted octanol–water partition coefficient (Wildman–Crippen LogP) is 2.63. The first-order valence-corrected chi connectivity index (χ1v) is 8.89. The van der Waals surface area contributed by atoms with Gasteiger partial charge in [-0.3, -0.25) is 14.5 Å². The first-order valence-electron chi connectivity index (χ1n) is 8.01. The Morgan fingerprint density at radius 3 is 2.75 bits per heavy atom. The van der Waals surface area contributed by atoms with Crippen LogP contribution < -0.4 is 9.64 Å². The summed E-state index contributed by atoms with van der Waals surface area (Å²) < 4.78 is 10.3. The molecule has 0 bridgehead atoms. The first-order chi connectivity index (χ1) is 13.5. The van der Waals surface area contributed by atoms with Gasteiger partial charge in [0, 0.05) is 5.56 Å². The number of ether oxygens (including phenoxy) is 1. The van der Waals surface area contributed by atoms with Gasteiger partial charge >= 0.3 is 0 Å². The van der Waals surface area contributed by atoms with Gasteiger partial charge in [0.15, 0.2) is 23.0 Å². The number of Topliss-reactive ketones (excluding diaryl/α,β-unsaturated/α-hetero) is 1. The summed E-state index contributed by atoms with van der Waals surface area (Å²) in [4.78, 5) is 26.9. The molecule has 1 atom stereocenters. The summed E-state index contributed by atoms with van der Waals surface area (Å²) >= 11 is 1.05. The van der Waals surface area contributed by atoms with E-state index >= 15 is 0 Å². The fourth-order valence-corrected chi connectivity index (χ4v) is 3.65. The number of phenolic OH excluding ortho intramolecular Hbond substituents is 1. The smallest absolute Gasteiger partial charge is 0.296 e. The second-order valence-corrected chi connectivity index (χ2v) is 6.58. The van der Waals surface area contributed by atoms with Crippen molar-refractivity contribution in [2.45, 2.75) is 6.04 Å². The summed E-state index contributed by atoms with van der Waals surface area (Å²) in [6, 6.07) is 6.44. The molecule has 1 unspecified atom stereocenters. The number of aliphatic hydroxyl groups excluding tert-OH is 1. The number of phenols is 1. The van der Waals surface area contributed by atoms with Gasteiger partial charge in [-0.05, 0) is 18.2 Å². The summed E-state index contributed by atoms with van der Waals surface area (Å²) in [6.07, 6.45) is 1.31. The topological polar surface area (TPSA) is 126 Å². The van der Waals surface area contributed by atoms with Crippen LogP contribution in [0.2, 0.25) is 0 Å². The second kappa shape index (κ2) is 6.82. The summed E-state index contributed by atoms with van der Waals surface area (Å²) in [5.74, 6) is -2.44. The molecule has 0 aliphatic carbocycles. The Labute approximate surface area is 162 Å². The fourth-order valence-electron chi connectivity index (χ4n) is 3.07. The molecule has 1 amide bonds. The lowest BCUT2D eigenvalue weighted by atomic mass is 9.94. The number of rotatable bonds is 5. The number of hydrogen-bond donors (Lipinski definition) is 2. The maximum atomic E-state index is 13.0. The highest BCUT2D eigenvalue weighted by Gasteiger charge is 2.47. The van der Waals surface area contributed by atoms with E-state index in [2.05, 4.69) is 10.2 Å². The Morgan fingerprint density at radius 2 is 2.11 bits per heavy atom. The van der Waals surface area contributed by atoms with Crippen LogP contribution in [0.5, 0.6) is 11.5 Å². The minimum absolute atomic E-state index is 0.0548. The standard InChI is InChI=1S/C18H13N3O6S/c1-26-10-5-2-4-9(14(10)22)13-12(15(23)11-6-3-7-27-11)16(24)17(25)21(13)18-20-19-8-28-18/h2-8,13,22,24H,1H3. The van der Waals surface area contributed by atoms with Crippen LogP contribution in [0.15, 0.2) is 57.9 Å². The molecule has 2 N–H and O–H groups in total. The van der Waals surface area contributed by atoms with Crippen LogP contribution in [0.4, 0.5) is 5.13 Å². The average molecular weight is 399 g/mol. The van der Waals surface area contributed by atoms with Gasteiger partial charge in [0.2, 0.25) is 10.9 Å². The zero-order chi connectivity index (χ0) is 19.8. The van der Waals surface area contributed by atoms with Gasteiger partial charge in [-0.1, -0.05) is 23.5 Å². The molecule has 4 rings (SSSR count). The molecule has 3 aromatic rings. The molecular weight excluding hydrogens is 386 g/mol. The molecule has 1 aliphatic heterocycles. The second-order valence-electron chi connectivity index (χ2n) is 5.77. The van der Waals surface area contributed by atoms with Crippen LogP contribution in [0, 0.1) is 0 Å². The maximum absolute atomic E-state index is 13.0. The number of carbonyl (C=O) groups excluding carboxylic acids is 2. The number of amides is 1. The van der Waals surface area contributed by atoms with Gasteiger partial charge < -0.3 is 19.4 Å². The Kier molecular flexibility index (Phi) is 4.32. The molecule has 0 saturated heterocycles. The van der Waals surface area contributed by atoms with Gasteiger partial charge in [0.1, 0.15) is 11.6 Å². The highest BCUT2D eigenvalue weighted by atomic mass is 32.1. The Hall–Kier alpha value is -3.66. The number of para-hydroxylation sites is 1. The Morgan fingerprint density at radius 1 is 1.29 bits per heavy atom. The molecule has 9 nitrogen and oxygen atoms in total. The van der Waals surface area contributed by atoms with Crippen molar-refractivity contribution in [1.82, 2.24) is 10.2 Å². The van der Waals surface area contributed by atoms with Crippen molar-refractivity contribution in [3.63, 3.8) is 0 Å². The quantitative estimate of drug-likeness (QED) is 0.627. The monoisotopic (exact) mass is 399 g/mol. The third-order valence-electron chi connectivity index (χ3n) is 4.30. The third kappa shape index (κ3) is 2.62. The van der Waals surface area contributed by atoms with Crippen molar-refractivity contribution in [3.05, 3.63) is 64.8 Å².